The van der Waals surface area contributed by atoms with Gasteiger partial charge in [0, 0.05) is 19.6 Å². The number of benzene rings is 1. The van der Waals surface area contributed by atoms with Crippen LogP contribution < -0.4 is 5.73 Å². The molecule has 0 bridgehead atoms. The molecule has 0 unspecified atom stereocenters. The van der Waals surface area contributed by atoms with Crippen molar-refractivity contribution in [1.82, 2.24) is 4.31 Å². The van der Waals surface area contributed by atoms with E-state index in [0.717, 1.165) is 11.1 Å². The summed E-state index contributed by atoms with van der Waals surface area (Å²) in [6.07, 6.45) is 0. The minimum Gasteiger partial charge on any atom is -0.326 e. The highest BCUT2D eigenvalue weighted by Gasteiger charge is 2.24. The molecule has 1 rings (SSSR count). The molecule has 0 aliphatic heterocycles. The van der Waals surface area contributed by atoms with Gasteiger partial charge in [-0.1, -0.05) is 12.1 Å². The number of hydrogen-bond acceptors (Lipinski definition) is 3. The summed E-state index contributed by atoms with van der Waals surface area (Å²) in [6.45, 7) is 5.83. The Balaban J connectivity index is 3.32. The molecule has 0 saturated heterocycles. The molecule has 4 nitrogen and oxygen atoms in total. The molecule has 2 N–H and O–H groups in total. The van der Waals surface area contributed by atoms with E-state index in [4.69, 9.17) is 5.73 Å². The standard InChI is InChI=1S/C12H20N2O2S/c1-9(2)14(4)17(15,16)12-7-11(8-13)6-5-10(12)3/h5-7,9H,8,13H2,1-4H3. The zero-order valence-corrected chi connectivity index (χ0v) is 11.6. The highest BCUT2D eigenvalue weighted by atomic mass is 32.2. The molecule has 1 aromatic rings. The normalized spacial score (nSPS) is 12.4. The van der Waals surface area contributed by atoms with Gasteiger partial charge < -0.3 is 5.73 Å². The summed E-state index contributed by atoms with van der Waals surface area (Å²) in [5, 5.41) is 0. The van der Waals surface area contributed by atoms with Crippen LogP contribution in [0.3, 0.4) is 0 Å². The van der Waals surface area contributed by atoms with Crippen LogP contribution >= 0.6 is 0 Å². The minimum absolute atomic E-state index is 0.0686. The van der Waals surface area contributed by atoms with Crippen LogP contribution in [0.1, 0.15) is 25.0 Å². The number of hydrogen-bond donors (Lipinski definition) is 1. The summed E-state index contributed by atoms with van der Waals surface area (Å²) in [5.74, 6) is 0. The van der Waals surface area contributed by atoms with E-state index in [0.29, 0.717) is 11.4 Å². The van der Waals surface area contributed by atoms with E-state index in [2.05, 4.69) is 0 Å². The molecule has 0 amide bonds. The maximum Gasteiger partial charge on any atom is 0.243 e. The average Bonchev–Trinajstić information content (AvgIpc) is 2.28. The van der Waals surface area contributed by atoms with Crippen LogP contribution in [-0.2, 0) is 16.6 Å². The van der Waals surface area contributed by atoms with Gasteiger partial charge in [0.1, 0.15) is 0 Å². The second-order valence-electron chi connectivity index (χ2n) is 4.42. The third kappa shape index (κ3) is 2.86. The van der Waals surface area contributed by atoms with Crippen molar-refractivity contribution in [2.45, 2.75) is 38.3 Å². The number of sulfonamides is 1. The lowest BCUT2D eigenvalue weighted by Crippen LogP contribution is -2.33. The molecule has 0 aliphatic rings. The Hall–Kier alpha value is -0.910. The molecular formula is C12H20N2O2S. The fourth-order valence-corrected chi connectivity index (χ4v) is 3.12. The van der Waals surface area contributed by atoms with Gasteiger partial charge in [-0.15, -0.1) is 0 Å². The van der Waals surface area contributed by atoms with Gasteiger partial charge in [0.25, 0.3) is 0 Å². The molecule has 0 saturated carbocycles. The molecule has 0 aliphatic carbocycles. The Bertz CT molecular complexity index is 495. The van der Waals surface area contributed by atoms with Crippen molar-refractivity contribution in [1.29, 1.82) is 0 Å². The molecular weight excluding hydrogens is 236 g/mol. The molecule has 5 heteroatoms. The number of nitrogens with zero attached hydrogens (tertiary/aromatic N) is 1. The molecule has 17 heavy (non-hydrogen) atoms. The number of aryl methyl sites for hydroxylation is 1. The Morgan fingerprint density at radius 1 is 1.35 bits per heavy atom. The zero-order valence-electron chi connectivity index (χ0n) is 10.8. The predicted molar refractivity (Wildman–Crippen MR) is 69.2 cm³/mol. The van der Waals surface area contributed by atoms with Gasteiger partial charge >= 0.3 is 0 Å². The summed E-state index contributed by atoms with van der Waals surface area (Å²) < 4.78 is 26.1. The van der Waals surface area contributed by atoms with Crippen molar-refractivity contribution in [3.05, 3.63) is 29.3 Å². The summed E-state index contributed by atoms with van der Waals surface area (Å²) in [4.78, 5) is 0.344. The van der Waals surface area contributed by atoms with Gasteiger partial charge in [0.15, 0.2) is 0 Å². The average molecular weight is 256 g/mol. The van der Waals surface area contributed by atoms with E-state index in [1.165, 1.54) is 4.31 Å². The van der Waals surface area contributed by atoms with Gasteiger partial charge in [-0.3, -0.25) is 0 Å². The fourth-order valence-electron chi connectivity index (χ4n) is 1.48. The summed E-state index contributed by atoms with van der Waals surface area (Å²) in [6, 6.07) is 5.23. The first-order valence-corrected chi connectivity index (χ1v) is 7.02. The van der Waals surface area contributed by atoms with E-state index in [1.54, 1.807) is 26.1 Å². The maximum absolute atomic E-state index is 12.3. The second-order valence-corrected chi connectivity index (χ2v) is 6.38. The van der Waals surface area contributed by atoms with Crippen LogP contribution in [0, 0.1) is 6.92 Å². The van der Waals surface area contributed by atoms with E-state index in [1.807, 2.05) is 19.9 Å². The van der Waals surface area contributed by atoms with E-state index in [9.17, 15) is 8.42 Å². The fraction of sp³-hybridized carbons (Fsp3) is 0.500. The van der Waals surface area contributed by atoms with Gasteiger partial charge in [0.05, 0.1) is 4.90 Å². The largest absolute Gasteiger partial charge is 0.326 e. The van der Waals surface area contributed by atoms with Crippen LogP contribution in [0.15, 0.2) is 23.1 Å². The molecule has 0 radical (unpaired) electrons. The van der Waals surface area contributed by atoms with Gasteiger partial charge in [-0.25, -0.2) is 8.42 Å². The van der Waals surface area contributed by atoms with Gasteiger partial charge in [0.2, 0.25) is 10.0 Å². The third-order valence-electron chi connectivity index (χ3n) is 2.87. The first kappa shape index (κ1) is 14.2. The zero-order chi connectivity index (χ0) is 13.2. The van der Waals surface area contributed by atoms with Crippen LogP contribution in [-0.4, -0.2) is 25.8 Å². The molecule has 0 atom stereocenters. The lowest BCUT2D eigenvalue weighted by Gasteiger charge is -2.22. The van der Waals surface area contributed by atoms with Crippen LogP contribution in [0.2, 0.25) is 0 Å². The van der Waals surface area contributed by atoms with Crippen LogP contribution in [0.25, 0.3) is 0 Å². The van der Waals surface area contributed by atoms with Gasteiger partial charge in [-0.2, -0.15) is 4.31 Å². The Morgan fingerprint density at radius 2 is 1.94 bits per heavy atom. The summed E-state index contributed by atoms with van der Waals surface area (Å²) in [7, 11) is -1.83. The quantitative estimate of drug-likeness (QED) is 0.887. The smallest absolute Gasteiger partial charge is 0.243 e. The summed E-state index contributed by atoms with van der Waals surface area (Å²) in [5.41, 5.74) is 7.11. The van der Waals surface area contributed by atoms with E-state index >= 15 is 0 Å². The topological polar surface area (TPSA) is 63.4 Å². The minimum atomic E-state index is -3.42. The monoisotopic (exact) mass is 256 g/mol. The summed E-state index contributed by atoms with van der Waals surface area (Å²) >= 11 is 0. The van der Waals surface area contributed by atoms with Crippen molar-refractivity contribution in [2.75, 3.05) is 7.05 Å². The van der Waals surface area contributed by atoms with Crippen LogP contribution in [0.5, 0.6) is 0 Å². The van der Waals surface area contributed by atoms with Crippen molar-refractivity contribution in [2.24, 2.45) is 5.73 Å². The van der Waals surface area contributed by atoms with Crippen LogP contribution in [0.4, 0.5) is 0 Å². The number of nitrogens with two attached hydrogens (primary N) is 1. The highest BCUT2D eigenvalue weighted by molar-refractivity contribution is 7.89. The van der Waals surface area contributed by atoms with Crippen molar-refractivity contribution >= 4 is 10.0 Å². The molecule has 0 heterocycles. The number of rotatable bonds is 4. The molecule has 0 fully saturated rings. The molecule has 1 aromatic carbocycles. The predicted octanol–water partition coefficient (Wildman–Crippen LogP) is 1.48. The van der Waals surface area contributed by atoms with Crippen molar-refractivity contribution in [3.8, 4) is 0 Å². The lowest BCUT2D eigenvalue weighted by molar-refractivity contribution is 0.410. The Labute approximate surface area is 103 Å². The van der Waals surface area contributed by atoms with Crippen molar-refractivity contribution in [3.63, 3.8) is 0 Å². The van der Waals surface area contributed by atoms with Gasteiger partial charge in [-0.05, 0) is 38.0 Å². The second kappa shape index (κ2) is 5.16. The molecule has 0 aromatic heterocycles. The highest BCUT2D eigenvalue weighted by Crippen LogP contribution is 2.21. The maximum atomic E-state index is 12.3. The first-order valence-electron chi connectivity index (χ1n) is 5.58. The van der Waals surface area contributed by atoms with Crippen molar-refractivity contribution < 1.29 is 8.42 Å². The Morgan fingerprint density at radius 3 is 2.41 bits per heavy atom. The van der Waals surface area contributed by atoms with E-state index < -0.39 is 10.0 Å². The SMILES string of the molecule is Cc1ccc(CN)cc1S(=O)(=O)N(C)C(C)C. The first-order chi connectivity index (χ1) is 7.80. The lowest BCUT2D eigenvalue weighted by atomic mass is 10.1. The van der Waals surface area contributed by atoms with E-state index in [-0.39, 0.29) is 6.04 Å². The molecule has 0 spiro atoms. The Kier molecular flexibility index (Phi) is 4.30. The molecule has 96 valence electrons. The third-order valence-corrected chi connectivity index (χ3v) is 5.05.